The number of hydrogen-bond donors (Lipinski definition) is 1. The number of anilines is 1. The van der Waals surface area contributed by atoms with Crippen LogP contribution in [0.1, 0.15) is 11.1 Å². The van der Waals surface area contributed by atoms with Crippen LogP contribution in [0.4, 0.5) is 5.82 Å². The summed E-state index contributed by atoms with van der Waals surface area (Å²) >= 11 is 2.02. The van der Waals surface area contributed by atoms with Crippen LogP contribution in [0.15, 0.2) is 53.8 Å². The number of rotatable bonds is 10. The van der Waals surface area contributed by atoms with Crippen LogP contribution >= 0.6 is 32.0 Å². The Kier molecular flexibility index (Phi) is 16.5. The molecule has 0 aromatic carbocycles. The molecule has 2 aromatic rings. The maximum absolute atomic E-state index is 9.81. The molecule has 34 heavy (non-hydrogen) atoms. The molecule has 185 valence electrons. The summed E-state index contributed by atoms with van der Waals surface area (Å²) in [7, 11) is 10.9. The van der Waals surface area contributed by atoms with Gasteiger partial charge >= 0.3 is 33.3 Å². The first-order valence-electron chi connectivity index (χ1n) is 8.97. The SMILES string of the molecule is C=CN=C(C=C)CSc1nc(N)c(C#N)c(-c2ccc(OCCOC)cn2)c1C#N.[CH3-].[Cl][Cu][Cl]. The van der Waals surface area contributed by atoms with Gasteiger partial charge in [0.2, 0.25) is 0 Å². The van der Waals surface area contributed by atoms with Crippen LogP contribution in [0.3, 0.4) is 0 Å². The number of hydrogen-bond acceptors (Lipinski definition) is 9. The molecular weight excluding hydrogens is 547 g/mol. The van der Waals surface area contributed by atoms with Crippen molar-refractivity contribution in [1.82, 2.24) is 9.97 Å². The minimum atomic E-state index is 0. The molecule has 2 N–H and O–H groups in total. The van der Waals surface area contributed by atoms with Gasteiger partial charge in [0.15, 0.2) is 0 Å². The molecule has 0 saturated heterocycles. The van der Waals surface area contributed by atoms with Crippen molar-refractivity contribution in [3.05, 3.63) is 62.3 Å². The molecule has 0 saturated carbocycles. The fraction of sp³-hybridized carbons (Fsp3) is 0.182. The number of pyridine rings is 2. The number of nitrogens with two attached hydrogens (primary N) is 1. The van der Waals surface area contributed by atoms with Gasteiger partial charge in [-0.25, -0.2) is 4.98 Å². The second-order valence-corrected chi connectivity index (χ2v) is 8.23. The third-order valence-corrected chi connectivity index (χ3v) is 4.82. The molecule has 0 aliphatic heterocycles. The number of nitriles is 2. The molecule has 0 bridgehead atoms. The van der Waals surface area contributed by atoms with Crippen LogP contribution in [0.2, 0.25) is 0 Å². The monoisotopic (exact) mass is 568 g/mol. The van der Waals surface area contributed by atoms with Gasteiger partial charge in [0, 0.05) is 24.6 Å². The molecule has 0 aliphatic rings. The van der Waals surface area contributed by atoms with E-state index in [9.17, 15) is 10.5 Å². The first-order valence-corrected chi connectivity index (χ1v) is 12.5. The number of nitrogens with zero attached hydrogens (tertiary/aromatic N) is 5. The van der Waals surface area contributed by atoms with Gasteiger partial charge in [0.05, 0.1) is 29.8 Å². The number of ether oxygens (including phenoxy) is 2. The summed E-state index contributed by atoms with van der Waals surface area (Å²) in [6.45, 7) is 8.10. The van der Waals surface area contributed by atoms with Crippen molar-refractivity contribution in [3.63, 3.8) is 0 Å². The number of aliphatic imine (C=N–C) groups is 1. The molecule has 0 atom stereocenters. The topological polar surface area (TPSA) is 130 Å². The summed E-state index contributed by atoms with van der Waals surface area (Å²) in [5.74, 6) is 0.972. The van der Waals surface area contributed by atoms with Gasteiger partial charge < -0.3 is 22.6 Å². The number of thioether (sulfide) groups is 1. The summed E-state index contributed by atoms with van der Waals surface area (Å²) in [4.78, 5) is 12.7. The molecule has 12 heteroatoms. The Morgan fingerprint density at radius 2 is 1.94 bits per heavy atom. The van der Waals surface area contributed by atoms with E-state index in [2.05, 4.69) is 54.4 Å². The molecular formula is C22H23Cl2CuN6O2S-. The molecule has 2 rings (SSSR count). The van der Waals surface area contributed by atoms with Crippen molar-refractivity contribution in [1.29, 1.82) is 10.5 Å². The fourth-order valence-corrected chi connectivity index (χ4v) is 3.36. The van der Waals surface area contributed by atoms with E-state index in [-0.39, 0.29) is 24.4 Å². The predicted molar refractivity (Wildman–Crippen MR) is 135 cm³/mol. The van der Waals surface area contributed by atoms with Crippen LogP contribution in [0, 0.1) is 30.1 Å². The third kappa shape index (κ3) is 9.36. The number of halogens is 2. The van der Waals surface area contributed by atoms with Crippen LogP contribution in [-0.2, 0) is 17.9 Å². The zero-order valence-electron chi connectivity index (χ0n) is 18.5. The van der Waals surface area contributed by atoms with Gasteiger partial charge in [-0.15, -0.1) is 0 Å². The van der Waals surface area contributed by atoms with E-state index in [0.29, 0.717) is 46.7 Å². The molecule has 0 fully saturated rings. The molecule has 0 aliphatic carbocycles. The van der Waals surface area contributed by atoms with Crippen LogP contribution in [-0.4, -0.2) is 41.8 Å². The normalized spacial score (nSPS) is 10.1. The van der Waals surface area contributed by atoms with Crippen molar-refractivity contribution in [2.24, 2.45) is 4.99 Å². The van der Waals surface area contributed by atoms with E-state index >= 15 is 0 Å². The summed E-state index contributed by atoms with van der Waals surface area (Å²) in [6, 6.07) is 7.53. The molecule has 0 amide bonds. The van der Waals surface area contributed by atoms with Crippen LogP contribution in [0.5, 0.6) is 5.75 Å². The third-order valence-electron chi connectivity index (χ3n) is 3.81. The number of nitrogen functional groups attached to an aromatic ring is 1. The van der Waals surface area contributed by atoms with Gasteiger partial charge in [-0.2, -0.15) is 10.5 Å². The van der Waals surface area contributed by atoms with Crippen LogP contribution < -0.4 is 10.5 Å². The first kappa shape index (κ1) is 31.4. The Labute approximate surface area is 219 Å². The predicted octanol–water partition coefficient (Wildman–Crippen LogP) is 5.18. The number of allylic oxidation sites excluding steroid dienone is 1. The van der Waals surface area contributed by atoms with E-state index in [1.165, 1.54) is 24.2 Å². The van der Waals surface area contributed by atoms with Crippen molar-refractivity contribution >= 4 is 43.5 Å². The average Bonchev–Trinajstić information content (AvgIpc) is 2.82. The molecule has 0 unspecified atom stereocenters. The molecule has 0 radical (unpaired) electrons. The van der Waals surface area contributed by atoms with E-state index in [1.807, 2.05) is 6.07 Å². The Morgan fingerprint density at radius 3 is 2.44 bits per heavy atom. The first-order chi connectivity index (χ1) is 16.0. The number of methoxy groups -OCH3 is 1. The zero-order valence-corrected chi connectivity index (χ0v) is 21.8. The minimum absolute atomic E-state index is 0. The summed E-state index contributed by atoms with van der Waals surface area (Å²) in [6.07, 6.45) is 4.52. The number of aromatic nitrogens is 2. The standard InChI is InChI=1S/C21H20N6O2S.CH3.2ClH.Cu/c1-4-14(25-5-2)13-30-21-17(11-23)19(16(10-22)20(24)27-21)18-7-6-15(12-26-18)29-9-8-28-3;;;;/h4-7,12H,1-2,8-9,13H2,3H3,(H2,24,27);1H3;2*1H;/q;-1;;;+2/p-2. The van der Waals surface area contributed by atoms with Crippen molar-refractivity contribution in [3.8, 4) is 29.1 Å². The molecule has 2 heterocycles. The van der Waals surface area contributed by atoms with Gasteiger partial charge in [0.1, 0.15) is 40.9 Å². The Morgan fingerprint density at radius 1 is 1.26 bits per heavy atom. The van der Waals surface area contributed by atoms with Gasteiger partial charge in [-0.05, 0) is 18.2 Å². The van der Waals surface area contributed by atoms with E-state index in [0.717, 1.165) is 13.1 Å². The Hall–Kier alpha value is -2.56. The Bertz CT molecular complexity index is 1070. The van der Waals surface area contributed by atoms with Gasteiger partial charge in [0.25, 0.3) is 0 Å². The Balaban J connectivity index is 0.00000258. The van der Waals surface area contributed by atoms with Crippen molar-refractivity contribution in [2.45, 2.75) is 5.03 Å². The van der Waals surface area contributed by atoms with Crippen molar-refractivity contribution in [2.75, 3.05) is 31.8 Å². The fourth-order valence-electron chi connectivity index (χ4n) is 2.42. The van der Waals surface area contributed by atoms with Gasteiger partial charge in [-0.1, -0.05) is 24.9 Å². The second-order valence-electron chi connectivity index (χ2n) is 5.71. The summed E-state index contributed by atoms with van der Waals surface area (Å²) in [5, 5.41) is 19.8. The second kappa shape index (κ2) is 17.9. The van der Waals surface area contributed by atoms with E-state index in [1.54, 1.807) is 25.3 Å². The molecule has 8 nitrogen and oxygen atoms in total. The average molecular weight is 570 g/mol. The summed E-state index contributed by atoms with van der Waals surface area (Å²) in [5.41, 5.74) is 7.74. The molecule has 2 aromatic heterocycles. The van der Waals surface area contributed by atoms with E-state index < -0.39 is 0 Å². The van der Waals surface area contributed by atoms with Crippen LogP contribution in [0.25, 0.3) is 11.3 Å². The van der Waals surface area contributed by atoms with E-state index in [4.69, 9.17) is 15.2 Å². The summed E-state index contributed by atoms with van der Waals surface area (Å²) < 4.78 is 10.5. The zero-order chi connectivity index (χ0) is 24.6. The van der Waals surface area contributed by atoms with Gasteiger partial charge in [-0.3, -0.25) is 9.98 Å². The maximum atomic E-state index is 9.81. The molecule has 0 spiro atoms. The quantitative estimate of drug-likeness (QED) is 0.136. The van der Waals surface area contributed by atoms with Crippen molar-refractivity contribution < 1.29 is 22.6 Å².